The maximum absolute atomic E-state index is 5.56. The van der Waals surface area contributed by atoms with Crippen LogP contribution in [-0.4, -0.2) is 71.5 Å². The second kappa shape index (κ2) is 12.5. The standard InChI is InChI=1S/C22H38N4O3/c1-6-17(7-2)15-24-22(23-3)25-16-19(26-10-12-29-13-11-26)18-8-9-20(27-4)21(14-18)28-5/h8-9,14,17,19H,6-7,10-13,15-16H2,1-5H3,(H2,23,24,25). The van der Waals surface area contributed by atoms with Crippen LogP contribution in [0.25, 0.3) is 0 Å². The van der Waals surface area contributed by atoms with Gasteiger partial charge in [0.25, 0.3) is 0 Å². The number of hydrogen-bond acceptors (Lipinski definition) is 5. The first kappa shape index (κ1) is 23.3. The Morgan fingerprint density at radius 3 is 2.31 bits per heavy atom. The molecule has 164 valence electrons. The van der Waals surface area contributed by atoms with Gasteiger partial charge in [-0.05, 0) is 23.6 Å². The molecule has 1 unspecified atom stereocenters. The van der Waals surface area contributed by atoms with E-state index in [0.29, 0.717) is 5.92 Å². The summed E-state index contributed by atoms with van der Waals surface area (Å²) >= 11 is 0. The molecule has 7 heteroatoms. The molecule has 2 rings (SSSR count). The van der Waals surface area contributed by atoms with Crippen LogP contribution in [-0.2, 0) is 4.74 Å². The molecule has 29 heavy (non-hydrogen) atoms. The third-order valence-electron chi connectivity index (χ3n) is 5.68. The van der Waals surface area contributed by atoms with Crippen molar-refractivity contribution in [1.82, 2.24) is 15.5 Å². The van der Waals surface area contributed by atoms with Crippen molar-refractivity contribution in [2.24, 2.45) is 10.9 Å². The monoisotopic (exact) mass is 406 g/mol. The number of aliphatic imine (C=N–C) groups is 1. The molecule has 1 aromatic carbocycles. The Bertz CT molecular complexity index is 628. The highest BCUT2D eigenvalue weighted by Gasteiger charge is 2.24. The lowest BCUT2D eigenvalue weighted by molar-refractivity contribution is 0.0169. The molecule has 1 aromatic rings. The highest BCUT2D eigenvalue weighted by atomic mass is 16.5. The van der Waals surface area contributed by atoms with Gasteiger partial charge in [0.15, 0.2) is 17.5 Å². The molecule has 0 aliphatic carbocycles. The van der Waals surface area contributed by atoms with Crippen LogP contribution in [0.2, 0.25) is 0 Å². The van der Waals surface area contributed by atoms with E-state index in [1.165, 1.54) is 18.4 Å². The fourth-order valence-electron chi connectivity index (χ4n) is 3.64. The third kappa shape index (κ3) is 6.78. The lowest BCUT2D eigenvalue weighted by Gasteiger charge is -2.35. The molecule has 0 saturated carbocycles. The average molecular weight is 407 g/mol. The summed E-state index contributed by atoms with van der Waals surface area (Å²) in [6.45, 7) is 9.47. The SMILES string of the molecule is CCC(CC)CNC(=NC)NCC(c1ccc(OC)c(OC)c1)N1CCOCC1. The van der Waals surface area contributed by atoms with E-state index in [4.69, 9.17) is 14.2 Å². The minimum Gasteiger partial charge on any atom is -0.493 e. The Balaban J connectivity index is 2.12. The predicted octanol–water partition coefficient (Wildman–Crippen LogP) is 2.68. The Hall–Kier alpha value is -1.99. The summed E-state index contributed by atoms with van der Waals surface area (Å²) in [5.41, 5.74) is 1.19. The van der Waals surface area contributed by atoms with Gasteiger partial charge in [-0.1, -0.05) is 32.8 Å². The average Bonchev–Trinajstić information content (AvgIpc) is 2.78. The maximum Gasteiger partial charge on any atom is 0.191 e. The molecule has 0 amide bonds. The van der Waals surface area contributed by atoms with Gasteiger partial charge in [0.1, 0.15) is 0 Å². The Morgan fingerprint density at radius 2 is 1.72 bits per heavy atom. The van der Waals surface area contributed by atoms with Gasteiger partial charge in [-0.3, -0.25) is 9.89 Å². The quantitative estimate of drug-likeness (QED) is 0.460. The Labute approximate surface area is 175 Å². The first-order valence-electron chi connectivity index (χ1n) is 10.6. The molecule has 1 aliphatic heterocycles. The van der Waals surface area contributed by atoms with Gasteiger partial charge in [0.2, 0.25) is 0 Å². The molecular weight excluding hydrogens is 368 g/mol. The van der Waals surface area contributed by atoms with Crippen LogP contribution < -0.4 is 20.1 Å². The predicted molar refractivity (Wildman–Crippen MR) is 118 cm³/mol. The highest BCUT2D eigenvalue weighted by molar-refractivity contribution is 5.79. The van der Waals surface area contributed by atoms with Gasteiger partial charge in [0, 0.05) is 33.2 Å². The number of benzene rings is 1. The zero-order chi connectivity index (χ0) is 21.1. The van der Waals surface area contributed by atoms with Crippen LogP contribution in [0.15, 0.2) is 23.2 Å². The molecule has 1 heterocycles. The third-order valence-corrected chi connectivity index (χ3v) is 5.68. The molecule has 0 aromatic heterocycles. The molecule has 0 spiro atoms. The molecule has 0 bridgehead atoms. The minimum atomic E-state index is 0.186. The summed E-state index contributed by atoms with van der Waals surface area (Å²) in [5, 5.41) is 6.99. The van der Waals surface area contributed by atoms with E-state index < -0.39 is 0 Å². The fraction of sp³-hybridized carbons (Fsp3) is 0.682. The van der Waals surface area contributed by atoms with Crippen LogP contribution in [0.4, 0.5) is 0 Å². The van der Waals surface area contributed by atoms with Gasteiger partial charge < -0.3 is 24.8 Å². The highest BCUT2D eigenvalue weighted by Crippen LogP contribution is 2.32. The van der Waals surface area contributed by atoms with Crippen molar-refractivity contribution in [2.45, 2.75) is 32.7 Å². The smallest absolute Gasteiger partial charge is 0.191 e. The van der Waals surface area contributed by atoms with Crippen molar-refractivity contribution in [1.29, 1.82) is 0 Å². The second-order valence-electron chi connectivity index (χ2n) is 7.30. The van der Waals surface area contributed by atoms with Gasteiger partial charge in [-0.25, -0.2) is 0 Å². The summed E-state index contributed by atoms with van der Waals surface area (Å²) in [4.78, 5) is 6.86. The minimum absolute atomic E-state index is 0.186. The van der Waals surface area contributed by atoms with Crippen LogP contribution in [0.3, 0.4) is 0 Å². The summed E-state index contributed by atoms with van der Waals surface area (Å²) in [6, 6.07) is 6.34. The molecule has 1 aliphatic rings. The topological polar surface area (TPSA) is 67.4 Å². The zero-order valence-electron chi connectivity index (χ0n) is 18.7. The van der Waals surface area contributed by atoms with Crippen molar-refractivity contribution in [3.05, 3.63) is 23.8 Å². The van der Waals surface area contributed by atoms with E-state index in [1.54, 1.807) is 14.2 Å². The molecule has 2 N–H and O–H groups in total. The first-order valence-corrected chi connectivity index (χ1v) is 10.6. The number of nitrogens with one attached hydrogen (secondary N) is 2. The maximum atomic E-state index is 5.56. The van der Waals surface area contributed by atoms with E-state index in [2.05, 4.69) is 46.5 Å². The van der Waals surface area contributed by atoms with Crippen LogP contribution in [0, 0.1) is 5.92 Å². The summed E-state index contributed by atoms with van der Waals surface area (Å²) < 4.78 is 16.5. The molecule has 0 radical (unpaired) electrons. The lowest BCUT2D eigenvalue weighted by atomic mass is 10.0. The van der Waals surface area contributed by atoms with E-state index in [-0.39, 0.29) is 6.04 Å². The number of morpholine rings is 1. The number of nitrogens with zero attached hydrogens (tertiary/aromatic N) is 2. The number of ether oxygens (including phenoxy) is 3. The van der Waals surface area contributed by atoms with Crippen molar-refractivity contribution < 1.29 is 14.2 Å². The fourth-order valence-corrected chi connectivity index (χ4v) is 3.64. The molecule has 1 fully saturated rings. The number of methoxy groups -OCH3 is 2. The van der Waals surface area contributed by atoms with Crippen molar-refractivity contribution >= 4 is 5.96 Å². The van der Waals surface area contributed by atoms with Gasteiger partial charge >= 0.3 is 0 Å². The van der Waals surface area contributed by atoms with Gasteiger partial charge in [0.05, 0.1) is 33.5 Å². The van der Waals surface area contributed by atoms with Crippen LogP contribution >= 0.6 is 0 Å². The number of rotatable bonds is 10. The largest absolute Gasteiger partial charge is 0.493 e. The molecule has 1 saturated heterocycles. The molecule has 7 nitrogen and oxygen atoms in total. The van der Waals surface area contributed by atoms with Gasteiger partial charge in [-0.15, -0.1) is 0 Å². The van der Waals surface area contributed by atoms with Crippen molar-refractivity contribution in [3.8, 4) is 11.5 Å². The van der Waals surface area contributed by atoms with Crippen molar-refractivity contribution in [2.75, 3.05) is 60.7 Å². The van der Waals surface area contributed by atoms with Crippen molar-refractivity contribution in [3.63, 3.8) is 0 Å². The number of guanidine groups is 1. The summed E-state index contributed by atoms with van der Waals surface area (Å²) in [7, 11) is 5.16. The van der Waals surface area contributed by atoms with E-state index >= 15 is 0 Å². The Kier molecular flexibility index (Phi) is 10.1. The molecular formula is C22H38N4O3. The van der Waals surface area contributed by atoms with Crippen LogP contribution in [0.5, 0.6) is 11.5 Å². The molecule has 1 atom stereocenters. The zero-order valence-corrected chi connectivity index (χ0v) is 18.7. The Morgan fingerprint density at radius 1 is 1.07 bits per heavy atom. The van der Waals surface area contributed by atoms with Crippen LogP contribution in [0.1, 0.15) is 38.3 Å². The summed E-state index contributed by atoms with van der Waals surface area (Å²) in [6.07, 6.45) is 2.34. The second-order valence-corrected chi connectivity index (χ2v) is 7.30. The van der Waals surface area contributed by atoms with Gasteiger partial charge in [-0.2, -0.15) is 0 Å². The lowest BCUT2D eigenvalue weighted by Crippen LogP contribution is -2.47. The van der Waals surface area contributed by atoms with E-state index in [9.17, 15) is 0 Å². The van der Waals surface area contributed by atoms with E-state index in [0.717, 1.165) is 56.9 Å². The summed E-state index contributed by atoms with van der Waals surface area (Å²) in [5.74, 6) is 3.00. The number of hydrogen-bond donors (Lipinski definition) is 2. The first-order chi connectivity index (χ1) is 14.2. The normalized spacial score (nSPS) is 16.6. The van der Waals surface area contributed by atoms with E-state index in [1.807, 2.05) is 13.1 Å².